The van der Waals surface area contributed by atoms with E-state index in [0.29, 0.717) is 29.6 Å². The molecule has 3 rings (SSSR count). The first kappa shape index (κ1) is 19.3. The number of benzene rings is 1. The maximum atomic E-state index is 12.3. The lowest BCUT2D eigenvalue weighted by Crippen LogP contribution is -2.35. The molecule has 8 heteroatoms. The molecule has 0 aliphatic heterocycles. The average molecular weight is 382 g/mol. The van der Waals surface area contributed by atoms with E-state index in [9.17, 15) is 9.59 Å². The van der Waals surface area contributed by atoms with Crippen LogP contribution < -0.4 is 5.32 Å². The van der Waals surface area contributed by atoms with Crippen LogP contribution in [0.5, 0.6) is 0 Å². The van der Waals surface area contributed by atoms with Crippen molar-refractivity contribution in [2.75, 3.05) is 18.9 Å². The minimum atomic E-state index is -0.345. The number of carbonyl (C=O) groups is 2. The molecule has 0 aliphatic carbocycles. The van der Waals surface area contributed by atoms with E-state index >= 15 is 0 Å². The molecule has 2 amide bonds. The predicted molar refractivity (Wildman–Crippen MR) is 103 cm³/mol. The summed E-state index contributed by atoms with van der Waals surface area (Å²) in [6.07, 6.45) is 2.21. The van der Waals surface area contributed by atoms with Crippen LogP contribution in [0, 0.1) is 13.8 Å². The van der Waals surface area contributed by atoms with Crippen molar-refractivity contribution in [3.8, 4) is 11.3 Å². The maximum absolute atomic E-state index is 12.3. The fourth-order valence-electron chi connectivity index (χ4n) is 2.59. The van der Waals surface area contributed by atoms with E-state index in [-0.39, 0.29) is 24.8 Å². The normalized spacial score (nSPS) is 10.7. The van der Waals surface area contributed by atoms with Crippen molar-refractivity contribution in [2.45, 2.75) is 26.7 Å². The lowest BCUT2D eigenvalue weighted by molar-refractivity contribution is -0.133. The van der Waals surface area contributed by atoms with Gasteiger partial charge in [0.1, 0.15) is 5.76 Å². The second-order valence-corrected chi connectivity index (χ2v) is 6.61. The number of carbonyl (C=O) groups excluding carboxylic acids is 2. The quantitative estimate of drug-likeness (QED) is 0.674. The molecule has 0 unspecified atom stereocenters. The van der Waals surface area contributed by atoms with Gasteiger partial charge >= 0.3 is 0 Å². The number of amides is 2. The van der Waals surface area contributed by atoms with Gasteiger partial charge in [0.25, 0.3) is 0 Å². The molecule has 0 bridgehead atoms. The summed E-state index contributed by atoms with van der Waals surface area (Å²) in [5.74, 6) is 1.55. The van der Waals surface area contributed by atoms with E-state index < -0.39 is 0 Å². The molecule has 3 aromatic rings. The zero-order valence-corrected chi connectivity index (χ0v) is 16.1. The number of anilines is 1. The number of hydrogen-bond acceptors (Lipinski definition) is 6. The van der Waals surface area contributed by atoms with Gasteiger partial charge in [-0.15, -0.1) is 0 Å². The van der Waals surface area contributed by atoms with Gasteiger partial charge in [0, 0.05) is 31.5 Å². The minimum Gasteiger partial charge on any atom is -0.441 e. The van der Waals surface area contributed by atoms with Gasteiger partial charge in [0.2, 0.25) is 11.8 Å². The number of aromatic nitrogens is 2. The minimum absolute atomic E-state index is 0.0784. The topological polar surface area (TPSA) is 101 Å². The molecule has 0 fully saturated rings. The second-order valence-electron chi connectivity index (χ2n) is 6.61. The van der Waals surface area contributed by atoms with Crippen LogP contribution in [0.25, 0.3) is 11.3 Å². The average Bonchev–Trinajstić information content (AvgIpc) is 3.29. The summed E-state index contributed by atoms with van der Waals surface area (Å²) in [5.41, 5.74) is 2.10. The Balaban J connectivity index is 1.48. The van der Waals surface area contributed by atoms with Crippen molar-refractivity contribution < 1.29 is 18.5 Å². The standard InChI is InChI=1S/C20H22N4O4/c1-13-4-6-15(7-5-13)16-11-21-19(27-16)8-9-20(26)24(3)12-18(25)22-17-10-14(2)28-23-17/h4-7,10-11H,8-9,12H2,1-3H3,(H,22,23,25). The molecule has 2 heterocycles. The fraction of sp³-hybridized carbons (Fsp3) is 0.300. The molecule has 0 saturated heterocycles. The van der Waals surface area contributed by atoms with Gasteiger partial charge < -0.3 is 19.2 Å². The van der Waals surface area contributed by atoms with Crippen LogP contribution in [-0.4, -0.2) is 40.4 Å². The van der Waals surface area contributed by atoms with Crippen LogP contribution in [0.3, 0.4) is 0 Å². The number of aryl methyl sites for hydroxylation is 3. The molecule has 28 heavy (non-hydrogen) atoms. The Labute approximate surface area is 162 Å². The highest BCUT2D eigenvalue weighted by Gasteiger charge is 2.16. The van der Waals surface area contributed by atoms with E-state index in [2.05, 4.69) is 15.5 Å². The van der Waals surface area contributed by atoms with Gasteiger partial charge in [-0.05, 0) is 13.8 Å². The molecule has 0 aliphatic rings. The first-order valence-corrected chi connectivity index (χ1v) is 8.89. The number of rotatable bonds is 7. The lowest BCUT2D eigenvalue weighted by Gasteiger charge is -2.15. The molecule has 0 radical (unpaired) electrons. The monoisotopic (exact) mass is 382 g/mol. The molecule has 2 aromatic heterocycles. The van der Waals surface area contributed by atoms with Crippen LogP contribution in [0.1, 0.15) is 23.6 Å². The highest BCUT2D eigenvalue weighted by Crippen LogP contribution is 2.21. The van der Waals surface area contributed by atoms with Crippen LogP contribution >= 0.6 is 0 Å². The molecule has 8 nitrogen and oxygen atoms in total. The Kier molecular flexibility index (Phi) is 5.88. The van der Waals surface area contributed by atoms with Gasteiger partial charge in [-0.25, -0.2) is 4.98 Å². The Morgan fingerprint density at radius 2 is 1.93 bits per heavy atom. The molecular weight excluding hydrogens is 360 g/mol. The first-order chi connectivity index (χ1) is 13.4. The van der Waals surface area contributed by atoms with Gasteiger partial charge in [-0.1, -0.05) is 35.0 Å². The van der Waals surface area contributed by atoms with E-state index in [1.54, 1.807) is 26.2 Å². The molecule has 1 aromatic carbocycles. The second kappa shape index (κ2) is 8.51. The van der Waals surface area contributed by atoms with Gasteiger partial charge in [-0.2, -0.15) is 0 Å². The highest BCUT2D eigenvalue weighted by atomic mass is 16.5. The van der Waals surface area contributed by atoms with Gasteiger partial charge in [-0.3, -0.25) is 9.59 Å². The summed E-state index contributed by atoms with van der Waals surface area (Å²) in [6.45, 7) is 3.67. The van der Waals surface area contributed by atoms with Crippen LogP contribution in [0.4, 0.5) is 5.82 Å². The van der Waals surface area contributed by atoms with Crippen molar-refractivity contribution in [3.05, 3.63) is 53.7 Å². The molecule has 0 atom stereocenters. The number of nitrogens with zero attached hydrogens (tertiary/aromatic N) is 3. The third kappa shape index (κ3) is 5.06. The summed E-state index contributed by atoms with van der Waals surface area (Å²) < 4.78 is 10.6. The number of oxazole rings is 1. The van der Waals surface area contributed by atoms with Gasteiger partial charge in [0.15, 0.2) is 17.5 Å². The fourth-order valence-corrected chi connectivity index (χ4v) is 2.59. The summed E-state index contributed by atoms with van der Waals surface area (Å²) >= 11 is 0. The highest BCUT2D eigenvalue weighted by molar-refractivity contribution is 5.93. The Bertz CT molecular complexity index is 959. The zero-order valence-electron chi connectivity index (χ0n) is 16.1. The van der Waals surface area contributed by atoms with Crippen molar-refractivity contribution in [3.63, 3.8) is 0 Å². The summed E-state index contributed by atoms with van der Waals surface area (Å²) in [7, 11) is 1.57. The summed E-state index contributed by atoms with van der Waals surface area (Å²) in [4.78, 5) is 29.8. The van der Waals surface area contributed by atoms with E-state index in [1.807, 2.05) is 31.2 Å². The predicted octanol–water partition coefficient (Wildman–Crippen LogP) is 2.98. The Morgan fingerprint density at radius 1 is 1.18 bits per heavy atom. The number of nitrogens with one attached hydrogen (secondary N) is 1. The number of hydrogen-bond donors (Lipinski definition) is 1. The first-order valence-electron chi connectivity index (χ1n) is 8.89. The third-order valence-corrected chi connectivity index (χ3v) is 4.14. The summed E-state index contributed by atoms with van der Waals surface area (Å²) in [5, 5.41) is 6.26. The summed E-state index contributed by atoms with van der Waals surface area (Å²) in [6, 6.07) is 9.54. The molecular formula is C20H22N4O4. The third-order valence-electron chi connectivity index (χ3n) is 4.14. The van der Waals surface area contributed by atoms with Crippen molar-refractivity contribution in [2.24, 2.45) is 0 Å². The van der Waals surface area contributed by atoms with Gasteiger partial charge in [0.05, 0.1) is 12.7 Å². The maximum Gasteiger partial charge on any atom is 0.245 e. The number of likely N-dealkylation sites (N-methyl/N-ethyl adjacent to an activating group) is 1. The Morgan fingerprint density at radius 3 is 2.61 bits per heavy atom. The SMILES string of the molecule is Cc1ccc(-c2cnc(CCC(=O)N(C)CC(=O)Nc3cc(C)on3)o2)cc1. The van der Waals surface area contributed by atoms with Crippen LogP contribution in [-0.2, 0) is 16.0 Å². The molecule has 0 spiro atoms. The largest absolute Gasteiger partial charge is 0.441 e. The molecule has 146 valence electrons. The zero-order chi connectivity index (χ0) is 20.1. The molecule has 1 N–H and O–H groups in total. The smallest absolute Gasteiger partial charge is 0.245 e. The van der Waals surface area contributed by atoms with Crippen LogP contribution in [0.15, 0.2) is 45.5 Å². The Hall–Kier alpha value is -3.42. The van der Waals surface area contributed by atoms with E-state index in [0.717, 1.165) is 5.56 Å². The van der Waals surface area contributed by atoms with E-state index in [4.69, 9.17) is 8.94 Å². The lowest BCUT2D eigenvalue weighted by atomic mass is 10.1. The van der Waals surface area contributed by atoms with Crippen molar-refractivity contribution in [1.82, 2.24) is 15.0 Å². The van der Waals surface area contributed by atoms with Crippen molar-refractivity contribution >= 4 is 17.6 Å². The van der Waals surface area contributed by atoms with Crippen molar-refractivity contribution in [1.29, 1.82) is 0 Å². The molecule has 0 saturated carbocycles. The van der Waals surface area contributed by atoms with E-state index in [1.165, 1.54) is 10.5 Å². The van der Waals surface area contributed by atoms with Crippen LogP contribution in [0.2, 0.25) is 0 Å².